The first-order valence-electron chi connectivity index (χ1n) is 22.4. The summed E-state index contributed by atoms with van der Waals surface area (Å²) < 4.78 is 43.7. The Balaban J connectivity index is 1.03. The maximum Gasteiger partial charge on any atom is 0.355 e. The molecule has 4 aliphatic rings. The van der Waals surface area contributed by atoms with Gasteiger partial charge >= 0.3 is 13.5 Å². The van der Waals surface area contributed by atoms with Crippen LogP contribution in [0.1, 0.15) is 99.0 Å². The highest BCUT2D eigenvalue weighted by Crippen LogP contribution is 2.58. The van der Waals surface area contributed by atoms with Crippen molar-refractivity contribution in [3.63, 3.8) is 0 Å². The van der Waals surface area contributed by atoms with Gasteiger partial charge in [0.05, 0.1) is 6.61 Å². The lowest BCUT2D eigenvalue weighted by molar-refractivity contribution is -0.149. The van der Waals surface area contributed by atoms with Crippen molar-refractivity contribution in [1.29, 1.82) is 0 Å². The molecule has 0 bridgehead atoms. The highest BCUT2D eigenvalue weighted by molar-refractivity contribution is 7.57. The number of pyridine rings is 1. The van der Waals surface area contributed by atoms with Crippen molar-refractivity contribution in [3.8, 4) is 5.75 Å². The van der Waals surface area contributed by atoms with Crippen LogP contribution in [-0.2, 0) is 35.5 Å². The number of carbonyl (C=O) groups excluding carboxylic acids is 5. The van der Waals surface area contributed by atoms with Crippen LogP contribution < -0.4 is 20.5 Å². The molecule has 3 saturated heterocycles. The minimum atomic E-state index is -4.52. The SMILES string of the molecule is CCCOC(=O)[C@H](C)NP(=O)(Oc1ccccc1)C(F)c1ccc2ccc(C(=O)N[C@H]3CN(C(C)=O)CC[C@H]4CC[C@@H](C(=O)N5CC(c6ccn(C)c(=O)c6)CC56CC6)N4C3=O)cc2c1. The average Bonchev–Trinajstić information content (AvgIpc) is 3.78. The topological polar surface area (TPSA) is 177 Å². The number of carbonyl (C=O) groups is 5. The Kier molecular flexibility index (Phi) is 13.0. The van der Waals surface area contributed by atoms with Gasteiger partial charge in [0.25, 0.3) is 11.5 Å². The molecule has 15 nitrogen and oxygen atoms in total. The van der Waals surface area contributed by atoms with E-state index in [0.717, 1.165) is 24.8 Å². The van der Waals surface area contributed by atoms with E-state index in [0.29, 0.717) is 49.5 Å². The number of hydrogen-bond donors (Lipinski definition) is 2. The molecular formula is C48H56FN6O9P. The van der Waals surface area contributed by atoms with E-state index in [9.17, 15) is 33.3 Å². The van der Waals surface area contributed by atoms with Crippen molar-refractivity contribution in [2.45, 2.75) is 107 Å². The molecule has 2 N–H and O–H groups in total. The minimum Gasteiger partial charge on any atom is -0.465 e. The zero-order valence-corrected chi connectivity index (χ0v) is 38.0. The van der Waals surface area contributed by atoms with E-state index in [2.05, 4.69) is 10.4 Å². The van der Waals surface area contributed by atoms with Gasteiger partial charge in [-0.15, -0.1) is 0 Å². The Labute approximate surface area is 377 Å². The lowest BCUT2D eigenvalue weighted by Gasteiger charge is -2.40. The fraction of sp³-hybridized carbons (Fsp3) is 0.458. The number of nitrogens with one attached hydrogen (secondary N) is 2. The van der Waals surface area contributed by atoms with E-state index >= 15 is 4.39 Å². The zero-order valence-electron chi connectivity index (χ0n) is 37.1. The zero-order chi connectivity index (χ0) is 46.2. The number of halogens is 1. The quantitative estimate of drug-likeness (QED) is 0.120. The third-order valence-corrected chi connectivity index (χ3v) is 15.5. The molecule has 1 spiro atoms. The molecule has 0 radical (unpaired) electrons. The van der Waals surface area contributed by atoms with Crippen LogP contribution in [0.25, 0.3) is 10.8 Å². The number of likely N-dealkylation sites (tertiary alicyclic amines) is 1. The monoisotopic (exact) mass is 910 g/mol. The van der Waals surface area contributed by atoms with E-state index in [1.54, 1.807) is 65.5 Å². The number of rotatable bonds is 13. The van der Waals surface area contributed by atoms with Gasteiger partial charge in [-0.3, -0.25) is 33.3 Å². The fourth-order valence-corrected chi connectivity index (χ4v) is 11.5. The van der Waals surface area contributed by atoms with Crippen LogP contribution in [0.5, 0.6) is 5.75 Å². The Morgan fingerprint density at radius 3 is 2.40 bits per heavy atom. The molecule has 65 heavy (non-hydrogen) atoms. The van der Waals surface area contributed by atoms with Crippen molar-refractivity contribution in [2.24, 2.45) is 7.05 Å². The number of hydrogen-bond acceptors (Lipinski definition) is 9. The standard InChI is InChI=1S/C48H56FN6O9P/c1-5-23-63-47(61)30(2)51-65(62,64-39-9-7-6-8-10-39)43(49)34-13-11-32-12-14-35(25-36(32)24-34)44(58)50-40-29-53(31(3)56)22-18-38-15-16-41(55(38)45(40)59)46(60)54-28-37(27-48(54)19-20-48)33-17-21-52(4)42(57)26-33/h6-14,17,21,24-26,30,37-38,40-41,43H,5,15-16,18-20,22-23,27-29H2,1-4H3,(H,50,58)(H,51,62)/t30-,37?,38+,40-,41-,43?,65?/m0/s1. The predicted octanol–water partition coefficient (Wildman–Crippen LogP) is 5.97. The van der Waals surface area contributed by atoms with Crippen LogP contribution in [-0.4, -0.2) is 105 Å². The van der Waals surface area contributed by atoms with Crippen LogP contribution >= 0.6 is 7.52 Å². The van der Waals surface area contributed by atoms with Crippen LogP contribution in [0.4, 0.5) is 4.39 Å². The predicted molar refractivity (Wildman–Crippen MR) is 241 cm³/mol. The molecule has 344 valence electrons. The molecule has 4 aromatic rings. The normalized spacial score (nSPS) is 23.2. The summed E-state index contributed by atoms with van der Waals surface area (Å²) in [4.78, 5) is 86.7. The van der Waals surface area contributed by atoms with E-state index in [-0.39, 0.29) is 64.9 Å². The molecule has 1 aliphatic carbocycles. The third kappa shape index (κ3) is 9.46. The Morgan fingerprint density at radius 2 is 1.69 bits per heavy atom. The van der Waals surface area contributed by atoms with Crippen molar-refractivity contribution < 1.29 is 42.2 Å². The van der Waals surface area contributed by atoms with Crippen molar-refractivity contribution in [2.75, 3.05) is 26.2 Å². The van der Waals surface area contributed by atoms with E-state index < -0.39 is 49.3 Å². The number of aryl methyl sites for hydroxylation is 1. The number of ether oxygens (including phenoxy) is 1. The van der Waals surface area contributed by atoms with Gasteiger partial charge in [0.2, 0.25) is 23.6 Å². The van der Waals surface area contributed by atoms with Gasteiger partial charge in [-0.25, -0.2) is 9.48 Å². The molecule has 4 heterocycles. The summed E-state index contributed by atoms with van der Waals surface area (Å²) >= 11 is 0. The van der Waals surface area contributed by atoms with Crippen LogP contribution in [0, 0.1) is 0 Å². The second-order valence-corrected chi connectivity index (χ2v) is 20.0. The van der Waals surface area contributed by atoms with Gasteiger partial charge in [0.15, 0.2) is 0 Å². The summed E-state index contributed by atoms with van der Waals surface area (Å²) in [7, 11) is -2.82. The molecule has 7 atom stereocenters. The summed E-state index contributed by atoms with van der Waals surface area (Å²) in [6.45, 7) is 5.48. The van der Waals surface area contributed by atoms with Gasteiger partial charge in [-0.1, -0.05) is 43.3 Å². The number of amides is 4. The summed E-state index contributed by atoms with van der Waals surface area (Å²) in [5.41, 5.74) is 0.577. The molecular weight excluding hydrogens is 855 g/mol. The van der Waals surface area contributed by atoms with E-state index in [4.69, 9.17) is 9.26 Å². The summed E-state index contributed by atoms with van der Waals surface area (Å²) in [6.07, 6.45) is 6.25. The molecule has 3 aromatic carbocycles. The second kappa shape index (κ2) is 18.6. The number of para-hydroxylation sites is 1. The summed E-state index contributed by atoms with van der Waals surface area (Å²) in [6, 6.07) is 17.5. The average molecular weight is 911 g/mol. The molecule has 17 heteroatoms. The van der Waals surface area contributed by atoms with Crippen LogP contribution in [0.3, 0.4) is 0 Å². The van der Waals surface area contributed by atoms with Gasteiger partial charge in [0, 0.05) is 68.9 Å². The number of alkyl halides is 1. The second-order valence-electron chi connectivity index (χ2n) is 17.9. The number of aromatic nitrogens is 1. The Bertz CT molecular complexity index is 2600. The maximum absolute atomic E-state index is 16.7. The van der Waals surface area contributed by atoms with Gasteiger partial charge in [-0.05, 0) is 110 Å². The third-order valence-electron chi connectivity index (χ3n) is 13.4. The first-order valence-corrected chi connectivity index (χ1v) is 24.1. The summed E-state index contributed by atoms with van der Waals surface area (Å²) in [5.74, 6) is -4.31. The molecule has 3 aliphatic heterocycles. The van der Waals surface area contributed by atoms with E-state index in [1.807, 2.05) is 17.9 Å². The van der Waals surface area contributed by atoms with Crippen molar-refractivity contribution >= 4 is 47.9 Å². The number of nitrogens with zero attached hydrogens (tertiary/aromatic N) is 4. The van der Waals surface area contributed by atoms with Crippen LogP contribution in [0.2, 0.25) is 0 Å². The van der Waals surface area contributed by atoms with Crippen molar-refractivity contribution in [3.05, 3.63) is 112 Å². The Morgan fingerprint density at radius 1 is 0.938 bits per heavy atom. The molecule has 3 unspecified atom stereocenters. The van der Waals surface area contributed by atoms with Gasteiger partial charge in [0.1, 0.15) is 23.9 Å². The molecule has 8 rings (SSSR count). The van der Waals surface area contributed by atoms with E-state index in [1.165, 1.54) is 48.7 Å². The smallest absolute Gasteiger partial charge is 0.355 e. The lowest BCUT2D eigenvalue weighted by atomic mass is 9.96. The van der Waals surface area contributed by atoms with Crippen molar-refractivity contribution in [1.82, 2.24) is 29.7 Å². The maximum atomic E-state index is 16.7. The molecule has 4 fully saturated rings. The fourth-order valence-electron chi connectivity index (χ4n) is 9.64. The molecule has 1 saturated carbocycles. The van der Waals surface area contributed by atoms with Crippen LogP contribution in [0.15, 0.2) is 89.9 Å². The first kappa shape index (κ1) is 45.7. The molecule has 4 amide bonds. The molecule has 1 aromatic heterocycles. The number of fused-ring (bicyclic) bond motifs is 2. The highest BCUT2D eigenvalue weighted by Gasteiger charge is 2.58. The number of benzene rings is 3. The Hall–Kier alpha value is -5.86. The van der Waals surface area contributed by atoms with Gasteiger partial charge in [-0.2, -0.15) is 0 Å². The largest absolute Gasteiger partial charge is 0.465 e. The highest BCUT2D eigenvalue weighted by atomic mass is 31.2. The lowest BCUT2D eigenvalue weighted by Crippen LogP contribution is -2.61. The minimum absolute atomic E-state index is 0.00540. The number of esters is 1. The first-order chi connectivity index (χ1) is 31.1. The summed E-state index contributed by atoms with van der Waals surface area (Å²) in [5, 5.41) is 6.51. The van der Waals surface area contributed by atoms with Gasteiger partial charge < -0.3 is 33.8 Å².